The molecule has 1 atom stereocenters. The van der Waals surface area contributed by atoms with Crippen molar-refractivity contribution in [3.63, 3.8) is 0 Å². The topological polar surface area (TPSA) is 97.0 Å². The average Bonchev–Trinajstić information content (AvgIpc) is 3.01. The summed E-state index contributed by atoms with van der Waals surface area (Å²) in [6.45, 7) is 1.23. The van der Waals surface area contributed by atoms with Gasteiger partial charge in [-0.3, -0.25) is 14.5 Å². The highest BCUT2D eigenvalue weighted by molar-refractivity contribution is 6.11. The molecule has 1 aliphatic rings. The number of nitrogens with zero attached hydrogens (tertiary/aromatic N) is 1. The molecule has 1 unspecified atom stereocenters. The lowest BCUT2D eigenvalue weighted by Crippen LogP contribution is -2.42. The van der Waals surface area contributed by atoms with Crippen molar-refractivity contribution in [2.75, 3.05) is 26.1 Å². The smallest absolute Gasteiger partial charge is 0.325 e. The van der Waals surface area contributed by atoms with E-state index in [9.17, 15) is 14.4 Å². The minimum Gasteiger partial charge on any atom is -0.497 e. The fourth-order valence-corrected chi connectivity index (χ4v) is 3.91. The SMILES string of the molecule is COc1cc(NC(=O)CN2C(=O)NC(C)(c3cccc4ccccc34)C2=O)cc(OC)c1. The Labute approximate surface area is 185 Å². The van der Waals surface area contributed by atoms with Gasteiger partial charge in [0.25, 0.3) is 5.91 Å². The number of amides is 4. The summed E-state index contributed by atoms with van der Waals surface area (Å²) < 4.78 is 10.4. The van der Waals surface area contributed by atoms with Gasteiger partial charge in [0.1, 0.15) is 23.6 Å². The van der Waals surface area contributed by atoms with Crippen LogP contribution < -0.4 is 20.1 Å². The molecule has 164 valence electrons. The van der Waals surface area contributed by atoms with E-state index in [0.717, 1.165) is 15.7 Å². The van der Waals surface area contributed by atoms with Crippen LogP contribution in [0.1, 0.15) is 12.5 Å². The van der Waals surface area contributed by atoms with Crippen molar-refractivity contribution in [3.8, 4) is 11.5 Å². The molecule has 1 fully saturated rings. The molecule has 8 heteroatoms. The van der Waals surface area contributed by atoms with Gasteiger partial charge in [-0.1, -0.05) is 42.5 Å². The van der Waals surface area contributed by atoms with Gasteiger partial charge in [-0.05, 0) is 23.3 Å². The molecular formula is C24H23N3O5. The number of carbonyl (C=O) groups is 3. The summed E-state index contributed by atoms with van der Waals surface area (Å²) in [5.74, 6) is -0.0143. The zero-order valence-corrected chi connectivity index (χ0v) is 18.0. The molecular weight excluding hydrogens is 410 g/mol. The molecule has 1 saturated heterocycles. The maximum Gasteiger partial charge on any atom is 0.325 e. The van der Waals surface area contributed by atoms with Gasteiger partial charge in [0.05, 0.1) is 14.2 Å². The monoisotopic (exact) mass is 433 g/mol. The number of methoxy groups -OCH3 is 2. The summed E-state index contributed by atoms with van der Waals surface area (Å²) in [4.78, 5) is 39.5. The molecule has 1 heterocycles. The standard InChI is InChI=1S/C24H23N3O5/c1-24(20-10-6-8-15-7-4-5-9-19(15)20)22(29)27(23(30)26-24)14-21(28)25-16-11-17(31-2)13-18(12-16)32-3/h4-13H,14H2,1-3H3,(H,25,28)(H,26,30). The number of hydrogen-bond acceptors (Lipinski definition) is 5. The van der Waals surface area contributed by atoms with Crippen LogP contribution in [0.3, 0.4) is 0 Å². The van der Waals surface area contributed by atoms with Crippen LogP contribution in [0.4, 0.5) is 10.5 Å². The van der Waals surface area contributed by atoms with E-state index >= 15 is 0 Å². The highest BCUT2D eigenvalue weighted by Gasteiger charge is 2.50. The molecule has 0 bridgehead atoms. The van der Waals surface area contributed by atoms with Crippen LogP contribution in [0.15, 0.2) is 60.7 Å². The molecule has 0 spiro atoms. The van der Waals surface area contributed by atoms with Crippen LogP contribution in [-0.2, 0) is 15.1 Å². The van der Waals surface area contributed by atoms with Crippen molar-refractivity contribution >= 4 is 34.3 Å². The second kappa shape index (κ2) is 8.22. The summed E-state index contributed by atoms with van der Waals surface area (Å²) in [6.07, 6.45) is 0. The maximum atomic E-state index is 13.3. The van der Waals surface area contributed by atoms with Crippen LogP contribution in [-0.4, -0.2) is 43.5 Å². The lowest BCUT2D eigenvalue weighted by Gasteiger charge is -2.24. The summed E-state index contributed by atoms with van der Waals surface area (Å²) in [5, 5.41) is 7.26. The fourth-order valence-electron chi connectivity index (χ4n) is 3.91. The van der Waals surface area contributed by atoms with Crippen molar-refractivity contribution in [3.05, 3.63) is 66.2 Å². The van der Waals surface area contributed by atoms with E-state index in [0.29, 0.717) is 22.7 Å². The maximum absolute atomic E-state index is 13.3. The molecule has 2 N–H and O–H groups in total. The number of fused-ring (bicyclic) bond motifs is 1. The number of anilines is 1. The number of benzene rings is 3. The van der Waals surface area contributed by atoms with Crippen LogP contribution in [0.5, 0.6) is 11.5 Å². The van der Waals surface area contributed by atoms with E-state index in [1.165, 1.54) is 14.2 Å². The number of carbonyl (C=O) groups excluding carboxylic acids is 3. The first-order valence-electron chi connectivity index (χ1n) is 10.0. The van der Waals surface area contributed by atoms with Gasteiger partial charge in [-0.25, -0.2) is 4.79 Å². The van der Waals surface area contributed by atoms with Crippen LogP contribution in [0, 0.1) is 0 Å². The molecule has 3 aromatic carbocycles. The van der Waals surface area contributed by atoms with Gasteiger partial charge in [-0.2, -0.15) is 0 Å². The molecule has 0 saturated carbocycles. The first-order valence-corrected chi connectivity index (χ1v) is 10.0. The highest BCUT2D eigenvalue weighted by atomic mass is 16.5. The summed E-state index contributed by atoms with van der Waals surface area (Å²) in [7, 11) is 3.00. The van der Waals surface area contributed by atoms with Crippen LogP contribution in [0.2, 0.25) is 0 Å². The molecule has 0 radical (unpaired) electrons. The second-order valence-corrected chi connectivity index (χ2v) is 7.62. The Morgan fingerprint density at radius 3 is 2.34 bits per heavy atom. The van der Waals surface area contributed by atoms with E-state index < -0.39 is 29.9 Å². The lowest BCUT2D eigenvalue weighted by molar-refractivity contribution is -0.133. The number of ether oxygens (including phenoxy) is 2. The van der Waals surface area contributed by atoms with Gasteiger partial charge < -0.3 is 20.1 Å². The van der Waals surface area contributed by atoms with Gasteiger partial charge in [-0.15, -0.1) is 0 Å². The second-order valence-electron chi connectivity index (χ2n) is 7.62. The van der Waals surface area contributed by atoms with Gasteiger partial charge in [0.2, 0.25) is 5.91 Å². The Morgan fingerprint density at radius 2 is 1.66 bits per heavy atom. The Kier molecular flexibility index (Phi) is 5.44. The van der Waals surface area contributed by atoms with Crippen molar-refractivity contribution in [2.24, 2.45) is 0 Å². The van der Waals surface area contributed by atoms with Crippen LogP contribution in [0.25, 0.3) is 10.8 Å². The van der Waals surface area contributed by atoms with E-state index in [1.807, 2.05) is 42.5 Å². The van der Waals surface area contributed by atoms with Gasteiger partial charge >= 0.3 is 6.03 Å². The molecule has 4 rings (SSSR count). The van der Waals surface area contributed by atoms with E-state index in [4.69, 9.17) is 9.47 Å². The first-order chi connectivity index (χ1) is 15.4. The third-order valence-corrected chi connectivity index (χ3v) is 5.54. The number of imide groups is 1. The fraction of sp³-hybridized carbons (Fsp3) is 0.208. The summed E-state index contributed by atoms with van der Waals surface area (Å²) >= 11 is 0. The summed E-state index contributed by atoms with van der Waals surface area (Å²) in [5.41, 5.74) is -0.179. The first kappa shape index (κ1) is 21.2. The quantitative estimate of drug-likeness (QED) is 0.582. The summed E-state index contributed by atoms with van der Waals surface area (Å²) in [6, 6.07) is 17.5. The minimum absolute atomic E-state index is 0.426. The van der Waals surface area contributed by atoms with Gasteiger partial charge in [0.15, 0.2) is 0 Å². The van der Waals surface area contributed by atoms with E-state index in [1.54, 1.807) is 25.1 Å². The molecule has 1 aliphatic heterocycles. The Hall–Kier alpha value is -4.07. The molecule has 4 amide bonds. The van der Waals surface area contributed by atoms with Crippen molar-refractivity contribution < 1.29 is 23.9 Å². The lowest BCUT2D eigenvalue weighted by atomic mass is 9.88. The Bertz CT molecular complexity index is 1200. The molecule has 8 nitrogen and oxygen atoms in total. The highest BCUT2D eigenvalue weighted by Crippen LogP contribution is 2.34. The Morgan fingerprint density at radius 1 is 1.00 bits per heavy atom. The number of rotatable bonds is 6. The third kappa shape index (κ3) is 3.71. The molecule has 32 heavy (non-hydrogen) atoms. The molecule has 0 aromatic heterocycles. The van der Waals surface area contributed by atoms with Crippen molar-refractivity contribution in [2.45, 2.75) is 12.5 Å². The van der Waals surface area contributed by atoms with Gasteiger partial charge in [0, 0.05) is 23.9 Å². The predicted molar refractivity (Wildman–Crippen MR) is 120 cm³/mol. The minimum atomic E-state index is -1.28. The largest absolute Gasteiger partial charge is 0.497 e. The average molecular weight is 433 g/mol. The van der Waals surface area contributed by atoms with E-state index in [-0.39, 0.29) is 0 Å². The van der Waals surface area contributed by atoms with Crippen molar-refractivity contribution in [1.29, 1.82) is 0 Å². The van der Waals surface area contributed by atoms with Crippen LogP contribution >= 0.6 is 0 Å². The molecule has 3 aromatic rings. The molecule has 0 aliphatic carbocycles. The number of hydrogen-bond donors (Lipinski definition) is 2. The predicted octanol–water partition coefficient (Wildman–Crippen LogP) is 3.26. The Balaban J connectivity index is 1.56. The van der Waals surface area contributed by atoms with Crippen molar-refractivity contribution in [1.82, 2.24) is 10.2 Å². The third-order valence-electron chi connectivity index (χ3n) is 5.54. The zero-order chi connectivity index (χ0) is 22.9. The normalized spacial score (nSPS) is 17.9. The number of nitrogens with one attached hydrogen (secondary N) is 2. The number of urea groups is 1. The van der Waals surface area contributed by atoms with E-state index in [2.05, 4.69) is 10.6 Å². The zero-order valence-electron chi connectivity index (χ0n) is 18.0.